The molecule has 0 aliphatic carbocycles. The number of nitrogens with zero attached hydrogens (tertiary/aromatic N) is 4. The Morgan fingerprint density at radius 2 is 1.90 bits per heavy atom. The molecule has 2 atom stereocenters. The highest BCUT2D eigenvalue weighted by atomic mass is 16.5. The lowest BCUT2D eigenvalue weighted by molar-refractivity contribution is 0.0538. The van der Waals surface area contributed by atoms with Gasteiger partial charge in [0.2, 0.25) is 5.82 Å². The first-order valence-corrected chi connectivity index (χ1v) is 10.1. The third-order valence-electron chi connectivity index (χ3n) is 5.76. The Morgan fingerprint density at radius 1 is 1.10 bits per heavy atom. The maximum Gasteiger partial charge on any atom is 0.293 e. The number of ether oxygens (including phenoxy) is 1. The van der Waals surface area contributed by atoms with Gasteiger partial charge in [0.1, 0.15) is 5.75 Å². The average molecular weight is 390 g/mol. The quantitative estimate of drug-likeness (QED) is 0.670. The van der Waals surface area contributed by atoms with E-state index in [0.717, 1.165) is 36.4 Å². The largest absolute Gasteiger partial charge is 0.497 e. The Kier molecular flexibility index (Phi) is 5.34. The first-order chi connectivity index (χ1) is 14.1. The van der Waals surface area contributed by atoms with Crippen molar-refractivity contribution in [2.75, 3.05) is 13.7 Å². The van der Waals surface area contributed by atoms with Crippen molar-refractivity contribution in [3.63, 3.8) is 0 Å². The number of rotatable bonds is 4. The van der Waals surface area contributed by atoms with Crippen LogP contribution in [0.4, 0.5) is 0 Å². The summed E-state index contributed by atoms with van der Waals surface area (Å²) < 4.78 is 7.10. The van der Waals surface area contributed by atoms with E-state index in [1.165, 1.54) is 0 Å². The number of carbonyl (C=O) groups is 1. The lowest BCUT2D eigenvalue weighted by Crippen LogP contribution is -2.46. The first kappa shape index (κ1) is 19.2. The molecule has 0 saturated carbocycles. The highest BCUT2D eigenvalue weighted by Gasteiger charge is 2.31. The highest BCUT2D eigenvalue weighted by molar-refractivity contribution is 5.91. The van der Waals surface area contributed by atoms with Gasteiger partial charge in [-0.25, -0.2) is 9.67 Å². The van der Waals surface area contributed by atoms with Crippen LogP contribution in [0, 0.1) is 5.92 Å². The van der Waals surface area contributed by atoms with Crippen LogP contribution in [0.2, 0.25) is 0 Å². The Bertz CT molecular complexity index is 999. The molecule has 0 N–H and O–H groups in total. The normalized spacial score (nSPS) is 19.2. The van der Waals surface area contributed by atoms with Crippen LogP contribution in [0.25, 0.3) is 17.1 Å². The maximum atomic E-state index is 13.3. The van der Waals surface area contributed by atoms with Gasteiger partial charge >= 0.3 is 0 Å². The monoisotopic (exact) mass is 390 g/mol. The van der Waals surface area contributed by atoms with Gasteiger partial charge in [0, 0.05) is 18.2 Å². The van der Waals surface area contributed by atoms with E-state index >= 15 is 0 Å². The van der Waals surface area contributed by atoms with Crippen molar-refractivity contribution >= 4 is 5.91 Å². The van der Waals surface area contributed by atoms with Crippen LogP contribution in [0.15, 0.2) is 54.6 Å². The summed E-state index contributed by atoms with van der Waals surface area (Å²) in [7, 11) is 1.63. The van der Waals surface area contributed by atoms with Gasteiger partial charge in [0.15, 0.2) is 5.82 Å². The van der Waals surface area contributed by atoms with Gasteiger partial charge < -0.3 is 9.64 Å². The molecule has 1 aliphatic heterocycles. The van der Waals surface area contributed by atoms with Crippen molar-refractivity contribution < 1.29 is 9.53 Å². The number of amides is 1. The molecule has 1 aliphatic rings. The average Bonchev–Trinajstić information content (AvgIpc) is 3.21. The van der Waals surface area contributed by atoms with Crippen LogP contribution in [-0.2, 0) is 0 Å². The van der Waals surface area contributed by atoms with Crippen molar-refractivity contribution in [2.45, 2.75) is 32.7 Å². The highest BCUT2D eigenvalue weighted by Crippen LogP contribution is 2.27. The fourth-order valence-corrected chi connectivity index (χ4v) is 3.85. The van der Waals surface area contributed by atoms with E-state index in [9.17, 15) is 4.79 Å². The van der Waals surface area contributed by atoms with Crippen molar-refractivity contribution in [3.05, 3.63) is 60.4 Å². The second-order valence-electron chi connectivity index (χ2n) is 7.60. The van der Waals surface area contributed by atoms with Gasteiger partial charge in [0.25, 0.3) is 5.91 Å². The van der Waals surface area contributed by atoms with Crippen LogP contribution in [0.3, 0.4) is 0 Å². The fourth-order valence-electron chi connectivity index (χ4n) is 3.85. The van der Waals surface area contributed by atoms with Crippen molar-refractivity contribution in [1.82, 2.24) is 19.7 Å². The van der Waals surface area contributed by atoms with Crippen molar-refractivity contribution in [2.24, 2.45) is 5.92 Å². The molecule has 1 fully saturated rings. The molecular weight excluding hydrogens is 364 g/mol. The van der Waals surface area contributed by atoms with E-state index in [-0.39, 0.29) is 17.8 Å². The summed E-state index contributed by atoms with van der Waals surface area (Å²) in [5.74, 6) is 1.95. The number of hydrogen-bond acceptors (Lipinski definition) is 4. The van der Waals surface area contributed by atoms with E-state index in [2.05, 4.69) is 23.9 Å². The molecular formula is C23H26N4O2. The number of likely N-dealkylation sites (tertiary alicyclic amines) is 1. The van der Waals surface area contributed by atoms with E-state index < -0.39 is 0 Å². The molecule has 0 spiro atoms. The second kappa shape index (κ2) is 8.07. The number of piperidine rings is 1. The Morgan fingerprint density at radius 3 is 2.66 bits per heavy atom. The number of para-hydroxylation sites is 1. The zero-order chi connectivity index (χ0) is 20.4. The Labute approximate surface area is 171 Å². The molecule has 2 unspecified atom stereocenters. The number of methoxy groups -OCH3 is 1. The lowest BCUT2D eigenvalue weighted by Gasteiger charge is -2.37. The van der Waals surface area contributed by atoms with Crippen LogP contribution in [0.1, 0.15) is 37.3 Å². The molecule has 1 amide bonds. The topological polar surface area (TPSA) is 60.2 Å². The van der Waals surface area contributed by atoms with Gasteiger partial charge in [-0.2, -0.15) is 0 Å². The third kappa shape index (κ3) is 3.75. The van der Waals surface area contributed by atoms with Gasteiger partial charge in [-0.1, -0.05) is 37.3 Å². The molecule has 1 saturated heterocycles. The van der Waals surface area contributed by atoms with Crippen LogP contribution in [0.5, 0.6) is 5.75 Å². The molecule has 0 radical (unpaired) electrons. The van der Waals surface area contributed by atoms with Crippen LogP contribution < -0.4 is 4.74 Å². The fraction of sp³-hybridized carbons (Fsp3) is 0.348. The maximum absolute atomic E-state index is 13.3. The molecule has 29 heavy (non-hydrogen) atoms. The smallest absolute Gasteiger partial charge is 0.293 e. The molecule has 3 aromatic rings. The van der Waals surface area contributed by atoms with Crippen molar-refractivity contribution in [1.29, 1.82) is 0 Å². The van der Waals surface area contributed by atoms with Crippen LogP contribution in [-0.4, -0.2) is 45.3 Å². The van der Waals surface area contributed by atoms with Gasteiger partial charge in [-0.3, -0.25) is 4.79 Å². The molecule has 4 rings (SSSR count). The molecule has 6 nitrogen and oxygen atoms in total. The number of carbonyl (C=O) groups excluding carboxylic acids is 1. The summed E-state index contributed by atoms with van der Waals surface area (Å²) in [5, 5.41) is 4.62. The number of hydrogen-bond donors (Lipinski definition) is 0. The second-order valence-corrected chi connectivity index (χ2v) is 7.60. The van der Waals surface area contributed by atoms with E-state index in [4.69, 9.17) is 4.74 Å². The minimum Gasteiger partial charge on any atom is -0.497 e. The molecule has 6 heteroatoms. The minimum atomic E-state index is -0.108. The summed E-state index contributed by atoms with van der Waals surface area (Å²) >= 11 is 0. The summed E-state index contributed by atoms with van der Waals surface area (Å²) in [6, 6.07) is 17.6. The summed E-state index contributed by atoms with van der Waals surface area (Å²) in [4.78, 5) is 19.9. The van der Waals surface area contributed by atoms with Gasteiger partial charge in [-0.05, 0) is 49.9 Å². The lowest BCUT2D eigenvalue weighted by atomic mass is 9.92. The predicted molar refractivity (Wildman–Crippen MR) is 112 cm³/mol. The zero-order valence-electron chi connectivity index (χ0n) is 17.1. The van der Waals surface area contributed by atoms with E-state index in [0.29, 0.717) is 11.7 Å². The molecule has 1 aromatic heterocycles. The number of aromatic nitrogens is 3. The molecule has 2 aromatic carbocycles. The Balaban J connectivity index is 1.78. The summed E-state index contributed by atoms with van der Waals surface area (Å²) in [6.45, 7) is 5.05. The SMILES string of the molecule is COc1cccc(-c2nc(C(=O)N3CCCC(C)C3C)nn2-c2ccccc2)c1. The third-order valence-corrected chi connectivity index (χ3v) is 5.76. The standard InChI is InChI=1S/C23H26N4O2/c1-16-9-8-14-26(17(16)2)23(28)21-24-22(18-10-7-13-20(15-18)29-3)27(25-21)19-11-5-4-6-12-19/h4-7,10-13,15-17H,8-9,14H2,1-3H3. The van der Waals surface area contributed by atoms with Crippen molar-refractivity contribution in [3.8, 4) is 22.8 Å². The zero-order valence-corrected chi connectivity index (χ0v) is 17.1. The molecule has 2 heterocycles. The van der Waals surface area contributed by atoms with E-state index in [1.807, 2.05) is 59.5 Å². The first-order valence-electron chi connectivity index (χ1n) is 10.1. The summed E-state index contributed by atoms with van der Waals surface area (Å²) in [5.41, 5.74) is 1.71. The predicted octanol–water partition coefficient (Wildman–Crippen LogP) is 4.20. The number of benzene rings is 2. The Hall–Kier alpha value is -3.15. The van der Waals surface area contributed by atoms with Crippen LogP contribution >= 0.6 is 0 Å². The van der Waals surface area contributed by atoms with Gasteiger partial charge in [-0.15, -0.1) is 5.10 Å². The minimum absolute atomic E-state index is 0.108. The van der Waals surface area contributed by atoms with Gasteiger partial charge in [0.05, 0.1) is 12.8 Å². The van der Waals surface area contributed by atoms with E-state index in [1.54, 1.807) is 11.8 Å². The summed E-state index contributed by atoms with van der Waals surface area (Å²) in [6.07, 6.45) is 2.16. The molecule has 0 bridgehead atoms. The molecule has 150 valence electrons.